The Morgan fingerprint density at radius 1 is 1.30 bits per heavy atom. The standard InChI is InChI=1S/C4H9BrO3S.K/c5-3-1-2-4-9(6,7)8;/h1-4H2,(H,6,7,8);/q;+1/p-1. The van der Waals surface area contributed by atoms with E-state index >= 15 is 0 Å². The fourth-order valence-corrected chi connectivity index (χ4v) is 1.33. The van der Waals surface area contributed by atoms with Crippen LogP contribution in [0.3, 0.4) is 0 Å². The summed E-state index contributed by atoms with van der Waals surface area (Å²) in [5, 5.41) is 0.752. The van der Waals surface area contributed by atoms with Crippen molar-refractivity contribution < 1.29 is 64.4 Å². The predicted molar refractivity (Wildman–Crippen MR) is 37.6 cm³/mol. The van der Waals surface area contributed by atoms with Crippen molar-refractivity contribution in [3.63, 3.8) is 0 Å². The second kappa shape index (κ2) is 7.66. The number of hydrogen-bond donors (Lipinski definition) is 0. The quantitative estimate of drug-likeness (QED) is 0.246. The summed E-state index contributed by atoms with van der Waals surface area (Å²) in [4.78, 5) is 0. The Balaban J connectivity index is 0. The molecule has 0 aromatic rings. The molecule has 0 amide bonds. The third-order valence-corrected chi connectivity index (χ3v) is 2.13. The van der Waals surface area contributed by atoms with E-state index in [1.807, 2.05) is 0 Å². The van der Waals surface area contributed by atoms with Gasteiger partial charge < -0.3 is 4.55 Å². The zero-order valence-corrected chi connectivity index (χ0v) is 11.4. The molecule has 0 bridgehead atoms. The number of hydrogen-bond acceptors (Lipinski definition) is 3. The molecule has 3 nitrogen and oxygen atoms in total. The van der Waals surface area contributed by atoms with Crippen LogP contribution in [0.5, 0.6) is 0 Å². The van der Waals surface area contributed by atoms with Crippen LogP contribution in [0.15, 0.2) is 0 Å². The van der Waals surface area contributed by atoms with Crippen molar-refractivity contribution in [2.45, 2.75) is 12.8 Å². The first kappa shape index (κ1) is 14.5. The smallest absolute Gasteiger partial charge is 0.748 e. The first-order valence-corrected chi connectivity index (χ1v) is 5.25. The van der Waals surface area contributed by atoms with E-state index in [2.05, 4.69) is 15.9 Å². The van der Waals surface area contributed by atoms with Crippen molar-refractivity contribution in [3.8, 4) is 0 Å². The maximum atomic E-state index is 9.94. The first-order chi connectivity index (χ1) is 4.06. The second-order valence-electron chi connectivity index (χ2n) is 1.66. The minimum absolute atomic E-state index is 0. The van der Waals surface area contributed by atoms with Crippen LogP contribution >= 0.6 is 15.9 Å². The Kier molecular flexibility index (Phi) is 11.1. The Morgan fingerprint density at radius 2 is 1.80 bits per heavy atom. The molecule has 0 radical (unpaired) electrons. The van der Waals surface area contributed by atoms with E-state index < -0.39 is 10.1 Å². The predicted octanol–water partition coefficient (Wildman–Crippen LogP) is -2.29. The molecule has 0 fully saturated rings. The van der Waals surface area contributed by atoms with Crippen LogP contribution in [0, 0.1) is 0 Å². The zero-order chi connectivity index (χ0) is 7.33. The summed E-state index contributed by atoms with van der Waals surface area (Å²) in [6, 6.07) is 0. The Morgan fingerprint density at radius 3 is 2.10 bits per heavy atom. The Hall–Kier alpha value is 2.03. The topological polar surface area (TPSA) is 57.2 Å². The van der Waals surface area contributed by atoms with Gasteiger partial charge in [0.2, 0.25) is 0 Å². The molecule has 56 valence electrons. The van der Waals surface area contributed by atoms with Crippen LogP contribution in [0.4, 0.5) is 0 Å². The van der Waals surface area contributed by atoms with Crippen molar-refractivity contribution >= 4 is 26.0 Å². The molecule has 0 spiro atoms. The summed E-state index contributed by atoms with van der Waals surface area (Å²) >= 11 is 3.12. The van der Waals surface area contributed by atoms with Gasteiger partial charge in [0, 0.05) is 11.1 Å². The molecule has 0 aliphatic carbocycles. The molecule has 0 rings (SSSR count). The SMILES string of the molecule is O=S(=O)([O-])CCCCBr.[K+]. The first-order valence-electron chi connectivity index (χ1n) is 2.56. The summed E-state index contributed by atoms with van der Waals surface area (Å²) in [5.74, 6) is -0.238. The van der Waals surface area contributed by atoms with E-state index in [1.165, 1.54) is 0 Å². The normalized spacial score (nSPS) is 10.6. The van der Waals surface area contributed by atoms with Gasteiger partial charge in [0.1, 0.15) is 0 Å². The molecule has 0 N–H and O–H groups in total. The van der Waals surface area contributed by atoms with Crippen molar-refractivity contribution in [1.29, 1.82) is 0 Å². The van der Waals surface area contributed by atoms with Crippen molar-refractivity contribution in [1.82, 2.24) is 0 Å². The molecule has 0 aromatic carbocycles. The van der Waals surface area contributed by atoms with Crippen LogP contribution in [0.25, 0.3) is 0 Å². The van der Waals surface area contributed by atoms with Gasteiger partial charge in [0.25, 0.3) is 0 Å². The van der Waals surface area contributed by atoms with Crippen LogP contribution in [-0.2, 0) is 10.1 Å². The van der Waals surface area contributed by atoms with Gasteiger partial charge >= 0.3 is 51.4 Å². The zero-order valence-electron chi connectivity index (χ0n) is 5.84. The average Bonchev–Trinajstić information content (AvgIpc) is 1.63. The molecule has 0 unspecified atom stereocenters. The Bertz CT molecular complexity index is 156. The van der Waals surface area contributed by atoms with Crippen molar-refractivity contribution in [2.75, 3.05) is 11.1 Å². The molecule has 0 saturated carbocycles. The molecule has 6 heteroatoms. The molecule has 0 heterocycles. The van der Waals surface area contributed by atoms with Gasteiger partial charge in [-0.2, -0.15) is 0 Å². The van der Waals surface area contributed by atoms with Gasteiger partial charge in [-0.1, -0.05) is 15.9 Å². The minimum Gasteiger partial charge on any atom is -0.748 e. The summed E-state index contributed by atoms with van der Waals surface area (Å²) in [7, 11) is -3.97. The monoisotopic (exact) mass is 254 g/mol. The summed E-state index contributed by atoms with van der Waals surface area (Å²) in [6.45, 7) is 0. The average molecular weight is 255 g/mol. The second-order valence-corrected chi connectivity index (χ2v) is 3.97. The number of alkyl halides is 1. The maximum absolute atomic E-state index is 9.94. The van der Waals surface area contributed by atoms with E-state index in [9.17, 15) is 13.0 Å². The van der Waals surface area contributed by atoms with E-state index in [0.29, 0.717) is 6.42 Å². The molecular formula is C4H8BrKO3S. The van der Waals surface area contributed by atoms with Crippen LogP contribution in [0.1, 0.15) is 12.8 Å². The van der Waals surface area contributed by atoms with E-state index in [-0.39, 0.29) is 57.1 Å². The molecule has 10 heavy (non-hydrogen) atoms. The van der Waals surface area contributed by atoms with Gasteiger partial charge in [0.05, 0.1) is 10.1 Å². The molecule has 0 aromatic heterocycles. The summed E-state index contributed by atoms with van der Waals surface area (Å²) in [5.41, 5.74) is 0. The third kappa shape index (κ3) is 12.7. The number of rotatable bonds is 4. The van der Waals surface area contributed by atoms with Crippen LogP contribution < -0.4 is 51.4 Å². The van der Waals surface area contributed by atoms with Crippen LogP contribution in [-0.4, -0.2) is 24.1 Å². The van der Waals surface area contributed by atoms with Gasteiger partial charge in [-0.25, -0.2) is 8.42 Å². The molecule has 0 aliphatic heterocycles. The fourth-order valence-electron chi connectivity index (χ4n) is 0.373. The van der Waals surface area contributed by atoms with Gasteiger partial charge in [0.15, 0.2) is 0 Å². The van der Waals surface area contributed by atoms with Crippen molar-refractivity contribution in [2.24, 2.45) is 0 Å². The third-order valence-electron chi connectivity index (χ3n) is 0.778. The molecule has 0 saturated heterocycles. The van der Waals surface area contributed by atoms with Crippen molar-refractivity contribution in [3.05, 3.63) is 0 Å². The van der Waals surface area contributed by atoms with Gasteiger partial charge in [-0.3, -0.25) is 0 Å². The van der Waals surface area contributed by atoms with Crippen LogP contribution in [0.2, 0.25) is 0 Å². The minimum atomic E-state index is -3.97. The summed E-state index contributed by atoms with van der Waals surface area (Å²) < 4.78 is 29.8. The van der Waals surface area contributed by atoms with Gasteiger partial charge in [-0.05, 0) is 12.8 Å². The summed E-state index contributed by atoms with van der Waals surface area (Å²) in [6.07, 6.45) is 1.19. The van der Waals surface area contributed by atoms with E-state index in [1.54, 1.807) is 0 Å². The number of unbranched alkanes of at least 4 members (excludes halogenated alkanes) is 1. The fraction of sp³-hybridized carbons (Fsp3) is 1.00. The maximum Gasteiger partial charge on any atom is 1.00 e. The largest absolute Gasteiger partial charge is 1.00 e. The molecule has 0 atom stereocenters. The molecular weight excluding hydrogens is 247 g/mol. The van der Waals surface area contributed by atoms with E-state index in [0.717, 1.165) is 11.8 Å². The van der Waals surface area contributed by atoms with E-state index in [4.69, 9.17) is 0 Å². The Labute approximate surface area is 112 Å². The van der Waals surface area contributed by atoms with Gasteiger partial charge in [-0.15, -0.1) is 0 Å². The number of halogens is 1. The molecule has 0 aliphatic rings.